The fourth-order valence-corrected chi connectivity index (χ4v) is 1.50. The minimum absolute atomic E-state index is 0.161. The molecule has 6 nitrogen and oxygen atoms in total. The van der Waals surface area contributed by atoms with Gasteiger partial charge in [-0.1, -0.05) is 11.6 Å². The summed E-state index contributed by atoms with van der Waals surface area (Å²) in [4.78, 5) is 9.48. The number of phenols is 1. The molecule has 2 N–H and O–H groups in total. The van der Waals surface area contributed by atoms with E-state index in [-0.39, 0.29) is 11.2 Å². The Labute approximate surface area is 132 Å². The molecular weight excluding hydrogens is 379 g/mol. The second-order valence-electron chi connectivity index (χ2n) is 4.14. The van der Waals surface area contributed by atoms with Crippen molar-refractivity contribution >= 4 is 23.5 Å². The molecule has 1 aromatic carbocycles. The van der Waals surface area contributed by atoms with Crippen LogP contribution in [-0.4, -0.2) is 34.4 Å². The van der Waals surface area contributed by atoms with E-state index in [1.807, 2.05) is 0 Å². The third-order valence-electron chi connectivity index (χ3n) is 2.44. The number of nitro benzene ring substituents is 1. The van der Waals surface area contributed by atoms with E-state index in [0.717, 1.165) is 6.07 Å². The number of hydrogen-bond acceptors (Lipinski definition) is 5. The summed E-state index contributed by atoms with van der Waals surface area (Å²) in [6.07, 6.45) is -6.40. The average Bonchev–Trinajstić information content (AvgIpc) is 2.40. The number of phenolic OH excluding ortho intramolecular Hbond substituents is 1. The highest BCUT2D eigenvalue weighted by Gasteiger charge is 2.73. The molecule has 0 bridgehead atoms. The zero-order valence-corrected chi connectivity index (χ0v) is 11.7. The summed E-state index contributed by atoms with van der Waals surface area (Å²) in [5.41, 5.74) is -1.34. The normalized spacial score (nSPS) is 13.3. The summed E-state index contributed by atoms with van der Waals surface area (Å²) in [5, 5.41) is 22.1. The number of benzene rings is 1. The van der Waals surface area contributed by atoms with Crippen molar-refractivity contribution in [2.75, 3.05) is 0 Å². The van der Waals surface area contributed by atoms with E-state index in [4.69, 9.17) is 11.6 Å². The molecule has 0 saturated heterocycles. The van der Waals surface area contributed by atoms with E-state index in [9.17, 15) is 46.0 Å². The second-order valence-corrected chi connectivity index (χ2v) is 4.57. The summed E-state index contributed by atoms with van der Waals surface area (Å²) < 4.78 is 86.6. The zero-order chi connectivity index (χ0) is 18.9. The maximum absolute atomic E-state index is 12.9. The van der Waals surface area contributed by atoms with E-state index < -0.39 is 40.1 Å². The molecule has 0 spiro atoms. The van der Waals surface area contributed by atoms with Gasteiger partial charge in [-0.25, -0.2) is 5.43 Å². The van der Waals surface area contributed by atoms with Crippen LogP contribution in [0.25, 0.3) is 0 Å². The maximum Gasteiger partial charge on any atom is 0.462 e. The molecule has 0 fully saturated rings. The minimum Gasteiger partial charge on any atom is -0.502 e. The molecule has 1 aromatic rings. The third kappa shape index (κ3) is 3.77. The molecule has 0 aromatic heterocycles. The first kappa shape index (κ1) is 19.7. The largest absolute Gasteiger partial charge is 0.502 e. The monoisotopic (exact) mass is 383 g/mol. The number of halogens is 8. The molecule has 0 radical (unpaired) electrons. The van der Waals surface area contributed by atoms with Crippen LogP contribution in [0, 0.1) is 10.1 Å². The molecule has 1 rings (SSSR count). The van der Waals surface area contributed by atoms with E-state index in [2.05, 4.69) is 5.10 Å². The molecule has 14 heteroatoms. The summed E-state index contributed by atoms with van der Waals surface area (Å²) >= 11 is 5.45. The third-order valence-corrected chi connectivity index (χ3v) is 2.66. The van der Waals surface area contributed by atoms with Gasteiger partial charge in [-0.2, -0.15) is 35.8 Å². The highest BCUT2D eigenvalue weighted by molar-refractivity contribution is 6.31. The van der Waals surface area contributed by atoms with Gasteiger partial charge in [-0.15, -0.1) is 0 Å². The highest BCUT2D eigenvalue weighted by Crippen LogP contribution is 2.45. The van der Waals surface area contributed by atoms with Crippen molar-refractivity contribution in [3.8, 4) is 5.75 Å². The highest BCUT2D eigenvalue weighted by atomic mass is 35.5. The Balaban J connectivity index is 3.10. The molecule has 0 saturated carbocycles. The number of rotatable bonds is 5. The second kappa shape index (κ2) is 6.30. The van der Waals surface area contributed by atoms with Crippen LogP contribution in [0.5, 0.6) is 5.75 Å². The van der Waals surface area contributed by atoms with E-state index in [0.29, 0.717) is 11.5 Å². The lowest BCUT2D eigenvalue weighted by atomic mass is 10.2. The van der Waals surface area contributed by atoms with Gasteiger partial charge in [-0.05, 0) is 6.07 Å². The molecule has 0 aliphatic rings. The fourth-order valence-electron chi connectivity index (χ4n) is 1.27. The van der Waals surface area contributed by atoms with Crippen LogP contribution in [0.4, 0.5) is 36.4 Å². The Morgan fingerprint density at radius 3 is 2.21 bits per heavy atom. The van der Waals surface area contributed by atoms with E-state index in [1.54, 1.807) is 0 Å². The van der Waals surface area contributed by atoms with Crippen LogP contribution in [0.1, 0.15) is 5.56 Å². The van der Waals surface area contributed by atoms with Crippen molar-refractivity contribution in [2.24, 2.45) is 5.10 Å². The van der Waals surface area contributed by atoms with Gasteiger partial charge in [0.2, 0.25) is 5.75 Å². The molecule has 24 heavy (non-hydrogen) atoms. The molecule has 0 aliphatic heterocycles. The van der Waals surface area contributed by atoms with Crippen LogP contribution in [-0.2, 0) is 0 Å². The van der Waals surface area contributed by atoms with Gasteiger partial charge < -0.3 is 5.11 Å². The molecule has 0 unspecified atom stereocenters. The Bertz CT molecular complexity index is 678. The Hall–Kier alpha value is -2.31. The van der Waals surface area contributed by atoms with Crippen molar-refractivity contribution in [2.45, 2.75) is 18.1 Å². The molecule has 0 aliphatic carbocycles. The summed E-state index contributed by atoms with van der Waals surface area (Å²) in [5.74, 6) is -7.56. The van der Waals surface area contributed by atoms with Gasteiger partial charge in [-0.3, -0.25) is 10.1 Å². The number of aromatic hydroxyl groups is 1. The van der Waals surface area contributed by atoms with Crippen molar-refractivity contribution in [3.63, 3.8) is 0 Å². The number of hydrazone groups is 1. The number of alkyl halides is 7. The lowest BCUT2D eigenvalue weighted by Crippen LogP contribution is -2.58. The molecule has 134 valence electrons. The van der Waals surface area contributed by atoms with Gasteiger partial charge in [0.25, 0.3) is 0 Å². The first-order valence-electron chi connectivity index (χ1n) is 5.50. The molecule has 0 heterocycles. The molecule has 0 amide bonds. The Morgan fingerprint density at radius 1 is 1.21 bits per heavy atom. The number of nitrogens with zero attached hydrogens (tertiary/aromatic N) is 2. The Kier molecular flexibility index (Phi) is 5.18. The predicted molar refractivity (Wildman–Crippen MR) is 66.4 cm³/mol. The lowest BCUT2D eigenvalue weighted by Gasteiger charge is -2.27. The quantitative estimate of drug-likeness (QED) is 0.267. The van der Waals surface area contributed by atoms with Crippen LogP contribution < -0.4 is 5.43 Å². The first-order valence-corrected chi connectivity index (χ1v) is 5.88. The lowest BCUT2D eigenvalue weighted by molar-refractivity contribution is -0.385. The summed E-state index contributed by atoms with van der Waals surface area (Å²) in [7, 11) is 0. The first-order chi connectivity index (χ1) is 10.7. The van der Waals surface area contributed by atoms with Crippen molar-refractivity contribution in [3.05, 3.63) is 32.8 Å². The maximum atomic E-state index is 12.9. The smallest absolute Gasteiger partial charge is 0.462 e. The molecular formula is C10H5ClF7N3O3. The predicted octanol–water partition coefficient (Wildman–Crippen LogP) is 3.67. The van der Waals surface area contributed by atoms with Crippen LogP contribution in [0.2, 0.25) is 5.02 Å². The van der Waals surface area contributed by atoms with Crippen LogP contribution in [0.15, 0.2) is 17.2 Å². The van der Waals surface area contributed by atoms with Crippen molar-refractivity contribution in [1.82, 2.24) is 5.43 Å². The summed E-state index contributed by atoms with van der Waals surface area (Å²) in [6.45, 7) is 0. The number of nitro groups is 1. The topological polar surface area (TPSA) is 87.8 Å². The SMILES string of the molecule is O=[N+]([O-])c1cc(Cl)cc(/C=N/NC(F)(F)C(F)(F)C(F)(F)F)c1O. The van der Waals surface area contributed by atoms with Gasteiger partial charge in [0.15, 0.2) is 0 Å². The molecule has 0 atom stereocenters. The van der Waals surface area contributed by atoms with E-state index >= 15 is 0 Å². The van der Waals surface area contributed by atoms with Crippen LogP contribution in [0.3, 0.4) is 0 Å². The minimum atomic E-state index is -6.56. The van der Waals surface area contributed by atoms with Gasteiger partial charge >= 0.3 is 23.8 Å². The van der Waals surface area contributed by atoms with E-state index in [1.165, 1.54) is 0 Å². The van der Waals surface area contributed by atoms with Gasteiger partial charge in [0, 0.05) is 16.7 Å². The summed E-state index contributed by atoms with van der Waals surface area (Å²) in [6, 6.07) is -4.36. The van der Waals surface area contributed by atoms with Crippen molar-refractivity contribution < 1.29 is 40.8 Å². The Morgan fingerprint density at radius 2 is 1.75 bits per heavy atom. The standard InChI is InChI=1S/C10H5ClF7N3O3/c11-5-1-4(7(22)6(2-5)21(23)24)3-19-20-10(17,18)8(12,13)9(14,15)16/h1-3,20,22H/b19-3+. The zero-order valence-electron chi connectivity index (χ0n) is 10.9. The fraction of sp³-hybridized carbons (Fsp3) is 0.300. The van der Waals surface area contributed by atoms with Gasteiger partial charge in [0.1, 0.15) is 0 Å². The van der Waals surface area contributed by atoms with Gasteiger partial charge in [0.05, 0.1) is 11.1 Å². The average molecular weight is 384 g/mol. The van der Waals surface area contributed by atoms with Crippen molar-refractivity contribution in [1.29, 1.82) is 0 Å². The number of nitrogens with one attached hydrogen (secondary N) is 1. The number of hydrogen-bond donors (Lipinski definition) is 2. The van der Waals surface area contributed by atoms with Crippen LogP contribution >= 0.6 is 11.6 Å².